The summed E-state index contributed by atoms with van der Waals surface area (Å²) in [6.45, 7) is 8.61. The normalized spacial score (nSPS) is 24.9. The van der Waals surface area contributed by atoms with Gasteiger partial charge in [-0.15, -0.1) is 0 Å². The molecule has 2 heterocycles. The molecule has 1 aliphatic carbocycles. The molecule has 4 heteroatoms. The first-order valence-corrected chi connectivity index (χ1v) is 7.10. The first-order valence-electron chi connectivity index (χ1n) is 7.10. The van der Waals surface area contributed by atoms with Gasteiger partial charge in [0.2, 0.25) is 0 Å². The van der Waals surface area contributed by atoms with E-state index in [4.69, 9.17) is 4.52 Å². The number of nitrogens with zero attached hydrogens (tertiary/aromatic N) is 2. The van der Waals surface area contributed by atoms with Crippen LogP contribution in [-0.2, 0) is 6.54 Å². The van der Waals surface area contributed by atoms with Gasteiger partial charge in [-0.1, -0.05) is 5.16 Å². The predicted molar refractivity (Wildman–Crippen MR) is 70.4 cm³/mol. The SMILES string of the molecule is Cc1noc(C)c1CNC[C@@H]1CCN(C2CC2)C1. The molecule has 0 amide bonds. The molecule has 1 saturated heterocycles. The largest absolute Gasteiger partial charge is 0.361 e. The lowest BCUT2D eigenvalue weighted by atomic mass is 10.1. The summed E-state index contributed by atoms with van der Waals surface area (Å²) in [5.41, 5.74) is 2.25. The van der Waals surface area contributed by atoms with E-state index < -0.39 is 0 Å². The third-order valence-corrected chi connectivity index (χ3v) is 4.30. The Labute approximate surface area is 109 Å². The average Bonchev–Trinajstić information content (AvgIpc) is 3.03. The van der Waals surface area contributed by atoms with Crippen LogP contribution in [-0.4, -0.2) is 35.7 Å². The monoisotopic (exact) mass is 249 g/mol. The van der Waals surface area contributed by atoms with E-state index in [1.54, 1.807) is 0 Å². The average molecular weight is 249 g/mol. The zero-order valence-corrected chi connectivity index (χ0v) is 11.4. The molecule has 3 rings (SSSR count). The second-order valence-electron chi connectivity index (χ2n) is 5.81. The van der Waals surface area contributed by atoms with Gasteiger partial charge in [-0.2, -0.15) is 0 Å². The fraction of sp³-hybridized carbons (Fsp3) is 0.786. The number of nitrogens with one attached hydrogen (secondary N) is 1. The molecule has 0 unspecified atom stereocenters. The lowest BCUT2D eigenvalue weighted by Crippen LogP contribution is -2.27. The molecule has 0 spiro atoms. The van der Waals surface area contributed by atoms with Crippen LogP contribution in [0.2, 0.25) is 0 Å². The van der Waals surface area contributed by atoms with Crippen molar-refractivity contribution in [3.05, 3.63) is 17.0 Å². The Kier molecular flexibility index (Phi) is 3.39. The van der Waals surface area contributed by atoms with Gasteiger partial charge in [0, 0.05) is 24.7 Å². The van der Waals surface area contributed by atoms with Crippen LogP contribution in [0.15, 0.2) is 4.52 Å². The first kappa shape index (κ1) is 12.2. The van der Waals surface area contributed by atoms with Gasteiger partial charge >= 0.3 is 0 Å². The van der Waals surface area contributed by atoms with Gasteiger partial charge in [-0.05, 0) is 52.1 Å². The van der Waals surface area contributed by atoms with Gasteiger partial charge < -0.3 is 14.7 Å². The molecule has 1 aliphatic heterocycles. The molecular weight excluding hydrogens is 226 g/mol. The molecule has 1 N–H and O–H groups in total. The van der Waals surface area contributed by atoms with E-state index >= 15 is 0 Å². The van der Waals surface area contributed by atoms with Crippen molar-refractivity contribution >= 4 is 0 Å². The van der Waals surface area contributed by atoms with Crippen molar-refractivity contribution in [1.82, 2.24) is 15.4 Å². The van der Waals surface area contributed by atoms with Gasteiger partial charge in [0.15, 0.2) is 0 Å². The van der Waals surface area contributed by atoms with Crippen LogP contribution in [0.1, 0.15) is 36.3 Å². The van der Waals surface area contributed by atoms with Crippen LogP contribution in [0.3, 0.4) is 0 Å². The van der Waals surface area contributed by atoms with Gasteiger partial charge in [-0.3, -0.25) is 0 Å². The predicted octanol–water partition coefficient (Wildman–Crippen LogP) is 1.87. The van der Waals surface area contributed by atoms with Crippen molar-refractivity contribution in [2.45, 2.75) is 45.7 Å². The molecular formula is C14H23N3O. The van der Waals surface area contributed by atoms with Gasteiger partial charge in [-0.25, -0.2) is 0 Å². The lowest BCUT2D eigenvalue weighted by Gasteiger charge is -2.15. The van der Waals surface area contributed by atoms with Crippen LogP contribution in [0.4, 0.5) is 0 Å². The van der Waals surface area contributed by atoms with E-state index in [0.29, 0.717) is 0 Å². The molecule has 0 aromatic carbocycles. The summed E-state index contributed by atoms with van der Waals surface area (Å²) in [5, 5.41) is 7.55. The first-order chi connectivity index (χ1) is 8.74. The Morgan fingerprint density at radius 3 is 2.83 bits per heavy atom. The summed E-state index contributed by atoms with van der Waals surface area (Å²) < 4.78 is 5.18. The number of rotatable bonds is 5. The molecule has 2 fully saturated rings. The third kappa shape index (κ3) is 2.59. The van der Waals surface area contributed by atoms with E-state index in [1.807, 2.05) is 13.8 Å². The zero-order valence-electron chi connectivity index (χ0n) is 11.4. The molecule has 4 nitrogen and oxygen atoms in total. The van der Waals surface area contributed by atoms with E-state index in [0.717, 1.165) is 36.5 Å². The molecule has 1 atom stereocenters. The number of likely N-dealkylation sites (tertiary alicyclic amines) is 1. The summed E-state index contributed by atoms with van der Waals surface area (Å²) in [6.07, 6.45) is 4.21. The second-order valence-corrected chi connectivity index (χ2v) is 5.81. The van der Waals surface area contributed by atoms with Crippen LogP contribution in [0, 0.1) is 19.8 Å². The summed E-state index contributed by atoms with van der Waals surface area (Å²) in [4.78, 5) is 2.67. The van der Waals surface area contributed by atoms with Crippen LogP contribution < -0.4 is 5.32 Å². The molecule has 0 radical (unpaired) electrons. The Bertz CT molecular complexity index is 392. The maximum atomic E-state index is 5.18. The molecule has 18 heavy (non-hydrogen) atoms. The van der Waals surface area contributed by atoms with Crippen molar-refractivity contribution in [2.24, 2.45) is 5.92 Å². The number of hydrogen-bond donors (Lipinski definition) is 1. The minimum Gasteiger partial charge on any atom is -0.361 e. The van der Waals surface area contributed by atoms with Crippen LogP contribution in [0.25, 0.3) is 0 Å². The smallest absolute Gasteiger partial charge is 0.138 e. The Balaban J connectivity index is 1.42. The Morgan fingerprint density at radius 1 is 1.33 bits per heavy atom. The molecule has 100 valence electrons. The zero-order chi connectivity index (χ0) is 12.5. The maximum absolute atomic E-state index is 5.18. The molecule has 1 aromatic rings. The van der Waals surface area contributed by atoms with Gasteiger partial charge in [0.25, 0.3) is 0 Å². The Morgan fingerprint density at radius 2 is 2.17 bits per heavy atom. The summed E-state index contributed by atoms with van der Waals surface area (Å²) >= 11 is 0. The fourth-order valence-electron chi connectivity index (χ4n) is 2.96. The van der Waals surface area contributed by atoms with Crippen molar-refractivity contribution in [3.63, 3.8) is 0 Å². The quantitative estimate of drug-likeness (QED) is 0.865. The van der Waals surface area contributed by atoms with Crippen LogP contribution >= 0.6 is 0 Å². The van der Waals surface area contributed by atoms with Crippen LogP contribution in [0.5, 0.6) is 0 Å². The Hall–Kier alpha value is -0.870. The van der Waals surface area contributed by atoms with E-state index in [9.17, 15) is 0 Å². The molecule has 1 saturated carbocycles. The highest BCUT2D eigenvalue weighted by Crippen LogP contribution is 2.31. The molecule has 2 aliphatic rings. The van der Waals surface area contributed by atoms with E-state index in [2.05, 4.69) is 15.4 Å². The molecule has 1 aromatic heterocycles. The van der Waals surface area contributed by atoms with Crippen molar-refractivity contribution in [2.75, 3.05) is 19.6 Å². The lowest BCUT2D eigenvalue weighted by molar-refractivity contribution is 0.311. The van der Waals surface area contributed by atoms with Gasteiger partial charge in [0.1, 0.15) is 5.76 Å². The minimum absolute atomic E-state index is 0.825. The maximum Gasteiger partial charge on any atom is 0.138 e. The molecule has 0 bridgehead atoms. The highest BCUT2D eigenvalue weighted by Gasteiger charge is 2.33. The van der Waals surface area contributed by atoms with Crippen molar-refractivity contribution in [3.8, 4) is 0 Å². The summed E-state index contributed by atoms with van der Waals surface area (Å²) in [7, 11) is 0. The van der Waals surface area contributed by atoms with Gasteiger partial charge in [0.05, 0.1) is 5.69 Å². The number of aryl methyl sites for hydroxylation is 2. The highest BCUT2D eigenvalue weighted by atomic mass is 16.5. The minimum atomic E-state index is 0.825. The fourth-order valence-corrected chi connectivity index (χ4v) is 2.96. The number of hydrogen-bond acceptors (Lipinski definition) is 4. The number of aromatic nitrogens is 1. The second kappa shape index (κ2) is 5.02. The third-order valence-electron chi connectivity index (χ3n) is 4.30. The summed E-state index contributed by atoms with van der Waals surface area (Å²) in [5.74, 6) is 1.78. The highest BCUT2D eigenvalue weighted by molar-refractivity contribution is 5.20. The van der Waals surface area contributed by atoms with Crippen molar-refractivity contribution < 1.29 is 4.52 Å². The topological polar surface area (TPSA) is 41.3 Å². The standard InChI is InChI=1S/C14H23N3O/c1-10-14(11(2)18-16-10)8-15-7-12-5-6-17(9-12)13-3-4-13/h12-13,15H,3-9H2,1-2H3/t12-/m0/s1. The van der Waals surface area contributed by atoms with E-state index in [1.165, 1.54) is 37.9 Å². The van der Waals surface area contributed by atoms with Crippen molar-refractivity contribution in [1.29, 1.82) is 0 Å². The van der Waals surface area contributed by atoms with E-state index in [-0.39, 0.29) is 0 Å². The summed E-state index contributed by atoms with van der Waals surface area (Å²) in [6, 6.07) is 0.928.